The predicted molar refractivity (Wildman–Crippen MR) is 101 cm³/mol. The van der Waals surface area contributed by atoms with Gasteiger partial charge in [-0.2, -0.15) is 0 Å². The lowest BCUT2D eigenvalue weighted by Crippen LogP contribution is -2.41. The summed E-state index contributed by atoms with van der Waals surface area (Å²) in [7, 11) is 1.88. The Bertz CT molecular complexity index is 929. The first-order chi connectivity index (χ1) is 12.6. The summed E-state index contributed by atoms with van der Waals surface area (Å²) in [6, 6.07) is 14.6. The Labute approximate surface area is 152 Å². The molecule has 2 atom stereocenters. The number of fused-ring (bicyclic) bond motifs is 1. The third kappa shape index (κ3) is 2.92. The van der Waals surface area contributed by atoms with Gasteiger partial charge in [0.25, 0.3) is 0 Å². The van der Waals surface area contributed by atoms with Gasteiger partial charge in [0, 0.05) is 13.6 Å². The molecule has 0 saturated carbocycles. The molecule has 0 radical (unpaired) electrons. The summed E-state index contributed by atoms with van der Waals surface area (Å²) in [6.45, 7) is 2.70. The molecule has 134 valence electrons. The van der Waals surface area contributed by atoms with E-state index in [9.17, 15) is 4.79 Å². The molecule has 1 aliphatic heterocycles. The minimum atomic E-state index is -0.191. The van der Waals surface area contributed by atoms with Crippen LogP contribution in [0.1, 0.15) is 43.2 Å². The van der Waals surface area contributed by atoms with Gasteiger partial charge in [-0.3, -0.25) is 0 Å². The maximum absolute atomic E-state index is 12.9. The van der Waals surface area contributed by atoms with Crippen LogP contribution >= 0.6 is 0 Å². The molecular weight excluding hydrogens is 326 g/mol. The minimum absolute atomic E-state index is 0.0454. The van der Waals surface area contributed by atoms with Crippen LogP contribution in [0.4, 0.5) is 4.79 Å². The Balaban J connectivity index is 1.58. The number of amides is 2. The van der Waals surface area contributed by atoms with Crippen molar-refractivity contribution in [1.82, 2.24) is 25.0 Å². The Morgan fingerprint density at radius 3 is 2.85 bits per heavy atom. The Morgan fingerprint density at radius 1 is 1.23 bits per heavy atom. The Kier molecular flexibility index (Phi) is 4.32. The number of hydrogen-bond donors (Lipinski definition) is 1. The average Bonchev–Trinajstić information content (AvgIpc) is 3.30. The van der Waals surface area contributed by atoms with E-state index in [-0.39, 0.29) is 18.1 Å². The van der Waals surface area contributed by atoms with Gasteiger partial charge in [-0.1, -0.05) is 42.5 Å². The van der Waals surface area contributed by atoms with Crippen LogP contribution in [-0.4, -0.2) is 32.2 Å². The molecule has 2 amide bonds. The van der Waals surface area contributed by atoms with Crippen molar-refractivity contribution in [3.63, 3.8) is 0 Å². The number of rotatable bonds is 3. The van der Waals surface area contributed by atoms with Crippen molar-refractivity contribution >= 4 is 16.8 Å². The molecule has 1 aliphatic rings. The normalized spacial score (nSPS) is 18.2. The van der Waals surface area contributed by atoms with Crippen molar-refractivity contribution in [1.29, 1.82) is 0 Å². The monoisotopic (exact) mass is 349 g/mol. The van der Waals surface area contributed by atoms with Crippen LogP contribution in [0.3, 0.4) is 0 Å². The second-order valence-corrected chi connectivity index (χ2v) is 6.89. The van der Waals surface area contributed by atoms with Crippen molar-refractivity contribution in [2.24, 2.45) is 7.05 Å². The van der Waals surface area contributed by atoms with Gasteiger partial charge in [0.15, 0.2) is 5.82 Å². The number of aryl methyl sites for hydroxylation is 1. The molecule has 1 fully saturated rings. The zero-order valence-corrected chi connectivity index (χ0v) is 15.1. The van der Waals surface area contributed by atoms with Gasteiger partial charge in [0.05, 0.1) is 12.1 Å². The third-order valence-corrected chi connectivity index (χ3v) is 5.17. The highest BCUT2D eigenvalue weighted by Crippen LogP contribution is 2.36. The number of hydrogen-bond acceptors (Lipinski definition) is 3. The molecule has 2 heterocycles. The molecule has 26 heavy (non-hydrogen) atoms. The molecule has 1 saturated heterocycles. The van der Waals surface area contributed by atoms with Crippen LogP contribution in [0.15, 0.2) is 48.8 Å². The van der Waals surface area contributed by atoms with Crippen LogP contribution in [-0.2, 0) is 7.05 Å². The molecule has 0 spiro atoms. The zero-order valence-electron chi connectivity index (χ0n) is 15.1. The molecule has 1 N–H and O–H groups in total. The number of nitrogens with zero attached hydrogens (tertiary/aromatic N) is 4. The van der Waals surface area contributed by atoms with E-state index in [1.54, 1.807) is 6.33 Å². The number of nitrogens with one attached hydrogen (secondary N) is 1. The van der Waals surface area contributed by atoms with E-state index in [2.05, 4.69) is 51.9 Å². The number of aromatic nitrogens is 3. The lowest BCUT2D eigenvalue weighted by atomic mass is 9.97. The summed E-state index contributed by atoms with van der Waals surface area (Å²) >= 11 is 0. The summed E-state index contributed by atoms with van der Waals surface area (Å²) in [5.74, 6) is 0.749. The van der Waals surface area contributed by atoms with Gasteiger partial charge in [-0.05, 0) is 36.1 Å². The van der Waals surface area contributed by atoms with E-state index < -0.39 is 0 Å². The van der Waals surface area contributed by atoms with Crippen LogP contribution in [0.2, 0.25) is 0 Å². The van der Waals surface area contributed by atoms with E-state index >= 15 is 0 Å². The number of carbonyl (C=O) groups is 1. The SMILES string of the molecule is CC(NC(=O)N1CCCC1c1cccc2ccccc12)c1nncn1C. The van der Waals surface area contributed by atoms with E-state index in [0.29, 0.717) is 0 Å². The second-order valence-electron chi connectivity index (χ2n) is 6.89. The van der Waals surface area contributed by atoms with Crippen molar-refractivity contribution in [2.75, 3.05) is 6.54 Å². The maximum atomic E-state index is 12.9. The largest absolute Gasteiger partial charge is 0.328 e. The van der Waals surface area contributed by atoms with E-state index in [4.69, 9.17) is 0 Å². The fraction of sp³-hybridized carbons (Fsp3) is 0.350. The summed E-state index contributed by atoms with van der Waals surface area (Å²) in [4.78, 5) is 14.9. The van der Waals surface area contributed by atoms with Gasteiger partial charge in [-0.15, -0.1) is 10.2 Å². The minimum Gasteiger partial charge on any atom is -0.328 e. The summed E-state index contributed by atoms with van der Waals surface area (Å²) in [5, 5.41) is 13.5. The number of benzene rings is 2. The Morgan fingerprint density at radius 2 is 2.04 bits per heavy atom. The fourth-order valence-corrected chi connectivity index (χ4v) is 3.89. The molecular formula is C20H23N5O. The van der Waals surface area contributed by atoms with Crippen LogP contribution in [0, 0.1) is 0 Å². The lowest BCUT2D eigenvalue weighted by molar-refractivity contribution is 0.189. The third-order valence-electron chi connectivity index (χ3n) is 5.17. The van der Waals surface area contributed by atoms with Gasteiger partial charge in [0.1, 0.15) is 6.33 Å². The molecule has 0 bridgehead atoms. The molecule has 2 unspecified atom stereocenters. The molecule has 3 aromatic rings. The van der Waals surface area contributed by atoms with Crippen LogP contribution in [0.25, 0.3) is 10.8 Å². The first-order valence-corrected chi connectivity index (χ1v) is 9.04. The first kappa shape index (κ1) is 16.6. The standard InChI is InChI=1S/C20H23N5O/c1-14(19-23-21-13-24(19)2)22-20(26)25-12-6-11-18(25)17-10-5-8-15-7-3-4-9-16(15)17/h3-5,7-10,13-14,18H,6,11-12H2,1-2H3,(H,22,26). The number of urea groups is 1. The molecule has 6 heteroatoms. The van der Waals surface area contributed by atoms with Crippen molar-refractivity contribution < 1.29 is 4.79 Å². The highest BCUT2D eigenvalue weighted by molar-refractivity contribution is 5.87. The lowest BCUT2D eigenvalue weighted by Gasteiger charge is -2.27. The Hall–Kier alpha value is -2.89. The number of carbonyl (C=O) groups excluding carboxylic acids is 1. The predicted octanol–water partition coefficient (Wildman–Crippen LogP) is 3.58. The average molecular weight is 349 g/mol. The van der Waals surface area contributed by atoms with Gasteiger partial charge in [-0.25, -0.2) is 4.79 Å². The van der Waals surface area contributed by atoms with Crippen LogP contribution < -0.4 is 5.32 Å². The van der Waals surface area contributed by atoms with Gasteiger partial charge < -0.3 is 14.8 Å². The first-order valence-electron chi connectivity index (χ1n) is 9.04. The molecule has 6 nitrogen and oxygen atoms in total. The highest BCUT2D eigenvalue weighted by Gasteiger charge is 2.32. The molecule has 1 aromatic heterocycles. The summed E-state index contributed by atoms with van der Waals surface area (Å²) < 4.78 is 1.83. The number of likely N-dealkylation sites (tertiary alicyclic amines) is 1. The van der Waals surface area contributed by atoms with E-state index in [1.165, 1.54) is 16.3 Å². The summed E-state index contributed by atoms with van der Waals surface area (Å²) in [5.41, 5.74) is 1.22. The van der Waals surface area contributed by atoms with Crippen molar-refractivity contribution in [2.45, 2.75) is 31.8 Å². The van der Waals surface area contributed by atoms with E-state index in [0.717, 1.165) is 25.2 Å². The second kappa shape index (κ2) is 6.78. The fourth-order valence-electron chi connectivity index (χ4n) is 3.89. The maximum Gasteiger partial charge on any atom is 0.318 e. The topological polar surface area (TPSA) is 63.1 Å². The quantitative estimate of drug-likeness (QED) is 0.786. The zero-order chi connectivity index (χ0) is 18.1. The van der Waals surface area contributed by atoms with Gasteiger partial charge >= 0.3 is 6.03 Å². The van der Waals surface area contributed by atoms with Crippen LogP contribution in [0.5, 0.6) is 0 Å². The summed E-state index contributed by atoms with van der Waals surface area (Å²) in [6.07, 6.45) is 3.65. The van der Waals surface area contributed by atoms with Crippen molar-refractivity contribution in [3.8, 4) is 0 Å². The van der Waals surface area contributed by atoms with Gasteiger partial charge in [0.2, 0.25) is 0 Å². The van der Waals surface area contributed by atoms with Crippen molar-refractivity contribution in [3.05, 3.63) is 60.2 Å². The smallest absolute Gasteiger partial charge is 0.318 e. The molecule has 4 rings (SSSR count). The van der Waals surface area contributed by atoms with E-state index in [1.807, 2.05) is 29.5 Å². The highest BCUT2D eigenvalue weighted by atomic mass is 16.2. The molecule has 2 aromatic carbocycles. The molecule has 0 aliphatic carbocycles.